The van der Waals surface area contributed by atoms with Gasteiger partial charge in [0.1, 0.15) is 17.3 Å². The van der Waals surface area contributed by atoms with Gasteiger partial charge in [0.05, 0.1) is 4.47 Å². The quantitative estimate of drug-likeness (QED) is 0.843. The van der Waals surface area contributed by atoms with Crippen molar-refractivity contribution in [3.05, 3.63) is 16.0 Å². The van der Waals surface area contributed by atoms with Crippen LogP contribution in [0, 0.1) is 5.92 Å². The Morgan fingerprint density at radius 2 is 2.00 bits per heavy atom. The van der Waals surface area contributed by atoms with Gasteiger partial charge in [-0.05, 0) is 47.5 Å². The average Bonchev–Trinajstić information content (AvgIpc) is 2.28. The van der Waals surface area contributed by atoms with E-state index in [0.29, 0.717) is 11.2 Å². The summed E-state index contributed by atoms with van der Waals surface area (Å²) in [6, 6.07) is 0.512. The van der Waals surface area contributed by atoms with Gasteiger partial charge in [-0.2, -0.15) is 0 Å². The standard InChI is InChI=1S/C11H15BrClN3/c1-7-2-4-8(5-3-7)16-11-9(12)10(13)14-6-15-11/h6-8H,2-5H2,1H3,(H,14,15,16). The van der Waals surface area contributed by atoms with Gasteiger partial charge >= 0.3 is 0 Å². The summed E-state index contributed by atoms with van der Waals surface area (Å²) < 4.78 is 0.760. The van der Waals surface area contributed by atoms with Crippen molar-refractivity contribution in [3.63, 3.8) is 0 Å². The molecule has 0 aromatic carbocycles. The molecule has 0 unspecified atom stereocenters. The third-order valence-electron chi connectivity index (χ3n) is 3.10. The maximum Gasteiger partial charge on any atom is 0.148 e. The van der Waals surface area contributed by atoms with Crippen molar-refractivity contribution in [3.8, 4) is 0 Å². The Bertz CT molecular complexity index is 364. The Balaban J connectivity index is 2.01. The van der Waals surface area contributed by atoms with Gasteiger partial charge in [-0.3, -0.25) is 0 Å². The maximum atomic E-state index is 5.92. The molecular weight excluding hydrogens is 289 g/mol. The lowest BCUT2D eigenvalue weighted by molar-refractivity contribution is 0.360. The minimum Gasteiger partial charge on any atom is -0.366 e. The smallest absolute Gasteiger partial charge is 0.148 e. The first-order valence-electron chi connectivity index (χ1n) is 5.59. The lowest BCUT2D eigenvalue weighted by atomic mass is 9.87. The van der Waals surface area contributed by atoms with Gasteiger partial charge in [0.25, 0.3) is 0 Å². The summed E-state index contributed by atoms with van der Waals surface area (Å²) in [7, 11) is 0. The van der Waals surface area contributed by atoms with E-state index in [1.54, 1.807) is 0 Å². The van der Waals surface area contributed by atoms with Crippen molar-refractivity contribution in [2.24, 2.45) is 5.92 Å². The number of nitrogens with one attached hydrogen (secondary N) is 1. The van der Waals surface area contributed by atoms with Crippen LogP contribution >= 0.6 is 27.5 Å². The zero-order valence-electron chi connectivity index (χ0n) is 9.21. The molecular formula is C11H15BrClN3. The van der Waals surface area contributed by atoms with E-state index in [1.165, 1.54) is 32.0 Å². The second-order valence-corrected chi connectivity index (χ2v) is 5.58. The molecule has 0 aliphatic heterocycles. The van der Waals surface area contributed by atoms with Crippen molar-refractivity contribution in [2.45, 2.75) is 38.6 Å². The second kappa shape index (κ2) is 5.32. The molecule has 0 atom stereocenters. The van der Waals surface area contributed by atoms with Crippen molar-refractivity contribution >= 4 is 33.3 Å². The van der Waals surface area contributed by atoms with E-state index in [1.807, 2.05) is 0 Å². The molecule has 1 aliphatic rings. The second-order valence-electron chi connectivity index (χ2n) is 4.43. The predicted octanol–water partition coefficient (Wildman–Crippen LogP) is 3.88. The lowest BCUT2D eigenvalue weighted by Gasteiger charge is -2.27. The Hall–Kier alpha value is -0.350. The highest BCUT2D eigenvalue weighted by atomic mass is 79.9. The van der Waals surface area contributed by atoms with Gasteiger partial charge in [-0.1, -0.05) is 18.5 Å². The van der Waals surface area contributed by atoms with E-state index in [-0.39, 0.29) is 0 Å². The van der Waals surface area contributed by atoms with Crippen LogP contribution in [0.5, 0.6) is 0 Å². The van der Waals surface area contributed by atoms with Crippen molar-refractivity contribution in [1.29, 1.82) is 0 Å². The van der Waals surface area contributed by atoms with Crippen molar-refractivity contribution < 1.29 is 0 Å². The fourth-order valence-corrected chi connectivity index (χ4v) is 2.50. The zero-order chi connectivity index (χ0) is 11.5. The molecule has 0 spiro atoms. The summed E-state index contributed by atoms with van der Waals surface area (Å²) in [5.41, 5.74) is 0. The molecule has 2 rings (SSSR count). The number of hydrogen-bond acceptors (Lipinski definition) is 3. The molecule has 16 heavy (non-hydrogen) atoms. The Labute approximate surface area is 109 Å². The molecule has 1 aromatic rings. The van der Waals surface area contributed by atoms with Crippen LogP contribution < -0.4 is 5.32 Å². The molecule has 0 saturated heterocycles. The van der Waals surface area contributed by atoms with E-state index in [9.17, 15) is 0 Å². The topological polar surface area (TPSA) is 37.8 Å². The van der Waals surface area contributed by atoms with E-state index in [0.717, 1.165) is 16.2 Å². The Morgan fingerprint density at radius 3 is 2.69 bits per heavy atom. The minimum atomic E-state index is 0.460. The van der Waals surface area contributed by atoms with Gasteiger partial charge in [0.2, 0.25) is 0 Å². The van der Waals surface area contributed by atoms with Gasteiger partial charge in [0.15, 0.2) is 0 Å². The molecule has 0 radical (unpaired) electrons. The number of hydrogen-bond donors (Lipinski definition) is 1. The predicted molar refractivity (Wildman–Crippen MR) is 69.8 cm³/mol. The van der Waals surface area contributed by atoms with Gasteiger partial charge in [0, 0.05) is 6.04 Å². The largest absolute Gasteiger partial charge is 0.366 e. The van der Waals surface area contributed by atoms with E-state index in [4.69, 9.17) is 11.6 Å². The lowest BCUT2D eigenvalue weighted by Crippen LogP contribution is -2.25. The van der Waals surface area contributed by atoms with Crippen LogP contribution in [0.2, 0.25) is 5.15 Å². The van der Waals surface area contributed by atoms with Crippen LogP contribution in [0.15, 0.2) is 10.8 Å². The fraction of sp³-hybridized carbons (Fsp3) is 0.636. The highest BCUT2D eigenvalue weighted by Crippen LogP contribution is 2.30. The number of halogens is 2. The molecule has 88 valence electrons. The van der Waals surface area contributed by atoms with Gasteiger partial charge in [-0.25, -0.2) is 9.97 Å². The normalized spacial score (nSPS) is 25.4. The molecule has 1 aliphatic carbocycles. The summed E-state index contributed by atoms with van der Waals surface area (Å²) in [6.07, 6.45) is 6.47. The van der Waals surface area contributed by atoms with Crippen LogP contribution in [0.25, 0.3) is 0 Å². The average molecular weight is 305 g/mol. The van der Waals surface area contributed by atoms with Gasteiger partial charge in [-0.15, -0.1) is 0 Å². The Morgan fingerprint density at radius 1 is 1.31 bits per heavy atom. The molecule has 1 heterocycles. The number of anilines is 1. The minimum absolute atomic E-state index is 0.460. The highest BCUT2D eigenvalue weighted by Gasteiger charge is 2.19. The fourth-order valence-electron chi connectivity index (χ4n) is 2.05. The SMILES string of the molecule is CC1CCC(Nc2ncnc(Cl)c2Br)CC1. The van der Waals surface area contributed by atoms with Crippen LogP contribution in [0.1, 0.15) is 32.6 Å². The van der Waals surface area contributed by atoms with Crippen LogP contribution in [-0.4, -0.2) is 16.0 Å². The number of rotatable bonds is 2. The third kappa shape index (κ3) is 2.86. The molecule has 5 heteroatoms. The number of aromatic nitrogens is 2. The first-order valence-corrected chi connectivity index (χ1v) is 6.76. The third-order valence-corrected chi connectivity index (χ3v) is 4.37. The molecule has 1 fully saturated rings. The first kappa shape index (κ1) is 12.1. The summed E-state index contributed by atoms with van der Waals surface area (Å²) >= 11 is 9.32. The number of nitrogens with zero attached hydrogens (tertiary/aromatic N) is 2. The van der Waals surface area contributed by atoms with E-state index < -0.39 is 0 Å². The van der Waals surface area contributed by atoms with Crippen molar-refractivity contribution in [1.82, 2.24) is 9.97 Å². The summed E-state index contributed by atoms with van der Waals surface area (Å²) in [5, 5.41) is 3.89. The summed E-state index contributed by atoms with van der Waals surface area (Å²) in [4.78, 5) is 8.11. The Kier molecular flexibility index (Phi) is 4.03. The highest BCUT2D eigenvalue weighted by molar-refractivity contribution is 9.10. The molecule has 1 aromatic heterocycles. The van der Waals surface area contributed by atoms with Crippen molar-refractivity contribution in [2.75, 3.05) is 5.32 Å². The van der Waals surface area contributed by atoms with Crippen LogP contribution in [0.3, 0.4) is 0 Å². The molecule has 1 saturated carbocycles. The molecule has 1 N–H and O–H groups in total. The molecule has 0 bridgehead atoms. The maximum absolute atomic E-state index is 5.92. The van der Waals surface area contributed by atoms with Gasteiger partial charge < -0.3 is 5.32 Å². The molecule has 0 amide bonds. The zero-order valence-corrected chi connectivity index (χ0v) is 11.6. The van der Waals surface area contributed by atoms with E-state index >= 15 is 0 Å². The first-order chi connectivity index (χ1) is 7.66. The summed E-state index contributed by atoms with van der Waals surface area (Å²) in [6.45, 7) is 2.31. The van der Waals surface area contributed by atoms with Crippen LogP contribution in [0.4, 0.5) is 5.82 Å². The monoisotopic (exact) mass is 303 g/mol. The molecule has 3 nitrogen and oxygen atoms in total. The van der Waals surface area contributed by atoms with Crippen LogP contribution in [-0.2, 0) is 0 Å². The van der Waals surface area contributed by atoms with E-state index in [2.05, 4.69) is 38.1 Å². The summed E-state index contributed by atoms with van der Waals surface area (Å²) in [5.74, 6) is 1.66.